The summed E-state index contributed by atoms with van der Waals surface area (Å²) >= 11 is 4.67. The van der Waals surface area contributed by atoms with E-state index in [9.17, 15) is 10.2 Å². The second kappa shape index (κ2) is 5.91. The van der Waals surface area contributed by atoms with Crippen LogP contribution in [0.5, 0.6) is 0 Å². The maximum absolute atomic E-state index is 10.0. The lowest BCUT2D eigenvalue weighted by molar-refractivity contribution is 0.529. The summed E-state index contributed by atoms with van der Waals surface area (Å²) in [6, 6.07) is 19.0. The van der Waals surface area contributed by atoms with Crippen molar-refractivity contribution < 1.29 is 10.2 Å². The van der Waals surface area contributed by atoms with Crippen molar-refractivity contribution in [3.63, 3.8) is 0 Å². The van der Waals surface area contributed by atoms with Crippen LogP contribution in [0.25, 0.3) is 0 Å². The second-order valence-electron chi connectivity index (χ2n) is 3.54. The number of benzene rings is 2. The fraction of sp³-hybridized carbons (Fsp3) is 0. The number of aliphatic hydroxyl groups is 2. The van der Waals surface area contributed by atoms with Crippen molar-refractivity contribution in [2.75, 3.05) is 0 Å². The largest absolute Gasteiger partial charge is 0.497 e. The van der Waals surface area contributed by atoms with Crippen molar-refractivity contribution in [2.45, 2.75) is 9.79 Å². The molecule has 0 aromatic heterocycles. The molecule has 92 valence electrons. The van der Waals surface area contributed by atoms with E-state index in [-0.39, 0.29) is 5.05 Å². The third-order valence-electron chi connectivity index (χ3n) is 2.33. The molecule has 0 atom stereocenters. The summed E-state index contributed by atoms with van der Waals surface area (Å²) < 4.78 is 0. The molecule has 0 saturated heterocycles. The van der Waals surface area contributed by atoms with Gasteiger partial charge in [-0.1, -0.05) is 46.9 Å². The molecule has 2 aromatic rings. The Labute approximate surface area is 113 Å². The molecule has 0 aliphatic heterocycles. The number of aliphatic hydroxyl groups excluding tert-OH is 2. The molecular weight excluding hydrogens is 264 g/mol. The van der Waals surface area contributed by atoms with E-state index < -0.39 is 15.5 Å². The van der Waals surface area contributed by atoms with Gasteiger partial charge in [0.25, 0.3) is 0 Å². The Balaban J connectivity index is 2.64. The molecule has 0 saturated carbocycles. The molecule has 2 nitrogen and oxygen atoms in total. The van der Waals surface area contributed by atoms with Crippen molar-refractivity contribution in [3.8, 4) is 0 Å². The lowest BCUT2D eigenvalue weighted by atomic mass is 10.4. The van der Waals surface area contributed by atoms with Crippen LogP contribution in [0.15, 0.2) is 70.5 Å². The summed E-state index contributed by atoms with van der Waals surface area (Å²) in [5.41, 5.74) is 0. The fourth-order valence-corrected chi connectivity index (χ4v) is 3.56. The minimum atomic E-state index is -0.745. The first-order valence-corrected chi connectivity index (χ1v) is 6.97. The summed E-state index contributed by atoms with van der Waals surface area (Å²) in [6.45, 7) is 0. The molecule has 2 rings (SSSR count). The molecular formula is C14H12O2S2. The van der Waals surface area contributed by atoms with Crippen LogP contribution in [-0.4, -0.2) is 20.3 Å². The Hall–Kier alpha value is -1.49. The topological polar surface area (TPSA) is 40.5 Å². The van der Waals surface area contributed by atoms with E-state index >= 15 is 0 Å². The number of hydrogen-bond acceptors (Lipinski definition) is 1. The van der Waals surface area contributed by atoms with Gasteiger partial charge in [0.15, 0.2) is 5.05 Å². The summed E-state index contributed by atoms with van der Waals surface area (Å²) in [7, 11) is -0.745. The highest BCUT2D eigenvalue weighted by atomic mass is 32.2. The van der Waals surface area contributed by atoms with Crippen LogP contribution in [0.3, 0.4) is 0 Å². The summed E-state index contributed by atoms with van der Waals surface area (Å²) in [6.07, 6.45) is 0. The Morgan fingerprint density at radius 3 is 1.50 bits per heavy atom. The normalized spacial score (nSPS) is 10.3. The van der Waals surface area contributed by atoms with Crippen LogP contribution in [0.1, 0.15) is 0 Å². The van der Waals surface area contributed by atoms with Crippen LogP contribution < -0.4 is 0 Å². The van der Waals surface area contributed by atoms with E-state index in [0.29, 0.717) is 0 Å². The molecule has 0 amide bonds. The van der Waals surface area contributed by atoms with Crippen molar-refractivity contribution in [1.29, 1.82) is 0 Å². The Kier molecular flexibility index (Phi) is 4.25. The van der Waals surface area contributed by atoms with Gasteiger partial charge in [-0.3, -0.25) is 0 Å². The van der Waals surface area contributed by atoms with Gasteiger partial charge in [0.1, 0.15) is 0 Å². The third kappa shape index (κ3) is 2.85. The lowest BCUT2D eigenvalue weighted by Crippen LogP contribution is -2.10. The van der Waals surface area contributed by atoms with Crippen molar-refractivity contribution >= 4 is 32.8 Å². The average molecular weight is 276 g/mol. The Morgan fingerprint density at radius 1 is 0.778 bits per heavy atom. The van der Waals surface area contributed by atoms with Gasteiger partial charge >= 0.3 is 0 Å². The van der Waals surface area contributed by atoms with E-state index in [4.69, 9.17) is 0 Å². The van der Waals surface area contributed by atoms with Crippen LogP contribution in [0, 0.1) is 0 Å². The van der Waals surface area contributed by atoms with E-state index in [2.05, 4.69) is 12.2 Å². The second-order valence-corrected chi connectivity index (χ2v) is 5.87. The smallest absolute Gasteiger partial charge is 0.218 e. The first kappa shape index (κ1) is 13.0. The SMILES string of the molecule is OC(=S)C(O)=S(c1ccccc1)c1ccccc1. The Morgan fingerprint density at radius 2 is 1.17 bits per heavy atom. The number of rotatable bonds is 2. The zero-order valence-corrected chi connectivity index (χ0v) is 11.1. The van der Waals surface area contributed by atoms with Crippen LogP contribution in [0.2, 0.25) is 0 Å². The molecule has 0 aliphatic rings. The van der Waals surface area contributed by atoms with Crippen LogP contribution >= 0.6 is 22.7 Å². The number of thiocarbonyl (C=S) groups is 1. The van der Waals surface area contributed by atoms with Crippen LogP contribution in [0.4, 0.5) is 0 Å². The average Bonchev–Trinajstić information content (AvgIpc) is 2.41. The van der Waals surface area contributed by atoms with Gasteiger partial charge < -0.3 is 10.2 Å². The zero-order valence-electron chi connectivity index (χ0n) is 9.48. The maximum Gasteiger partial charge on any atom is 0.218 e. The third-order valence-corrected chi connectivity index (χ3v) is 4.72. The predicted molar refractivity (Wildman–Crippen MR) is 79.9 cm³/mol. The van der Waals surface area contributed by atoms with Gasteiger partial charge in [-0.15, -0.1) is 0 Å². The van der Waals surface area contributed by atoms with Gasteiger partial charge in [-0.05, 0) is 36.5 Å². The van der Waals surface area contributed by atoms with Crippen molar-refractivity contribution in [2.24, 2.45) is 0 Å². The van der Waals surface area contributed by atoms with E-state index in [1.165, 1.54) is 0 Å². The summed E-state index contributed by atoms with van der Waals surface area (Å²) in [4.78, 5) is 1.83. The monoisotopic (exact) mass is 276 g/mol. The maximum atomic E-state index is 10.0. The predicted octanol–water partition coefficient (Wildman–Crippen LogP) is 3.95. The molecule has 4 heteroatoms. The van der Waals surface area contributed by atoms with E-state index in [1.54, 1.807) is 0 Å². The molecule has 0 heterocycles. The van der Waals surface area contributed by atoms with Gasteiger partial charge in [0.05, 0.1) is 0 Å². The minimum absolute atomic E-state index is 0.164. The molecule has 0 aliphatic carbocycles. The van der Waals surface area contributed by atoms with Gasteiger partial charge in [0, 0.05) is 9.79 Å². The lowest BCUT2D eigenvalue weighted by Gasteiger charge is -2.12. The summed E-state index contributed by atoms with van der Waals surface area (Å²) in [5, 5.41) is 18.8. The minimum Gasteiger partial charge on any atom is -0.497 e. The van der Waals surface area contributed by atoms with Gasteiger partial charge in [-0.25, -0.2) is 0 Å². The van der Waals surface area contributed by atoms with Crippen molar-refractivity contribution in [3.05, 3.63) is 60.7 Å². The molecule has 0 fully saturated rings. The first-order chi connectivity index (χ1) is 8.70. The van der Waals surface area contributed by atoms with E-state index in [1.807, 2.05) is 60.7 Å². The van der Waals surface area contributed by atoms with Gasteiger partial charge in [-0.2, -0.15) is 0 Å². The summed E-state index contributed by atoms with van der Waals surface area (Å²) in [5.74, 6) is 0. The quantitative estimate of drug-likeness (QED) is 0.816. The zero-order chi connectivity index (χ0) is 13.0. The molecule has 18 heavy (non-hydrogen) atoms. The highest BCUT2D eigenvalue weighted by molar-refractivity contribution is 8.17. The standard InChI is InChI=1S/C14H12O2S2/c15-13(17)14(16)18(11-7-3-1-4-8-11)12-9-5-2-6-10-12/h1-10,16H,(H,15,17). The highest BCUT2D eigenvalue weighted by Crippen LogP contribution is 2.36. The molecule has 2 N–H and O–H groups in total. The Bertz CT molecular complexity index is 536. The molecule has 0 bridgehead atoms. The van der Waals surface area contributed by atoms with Gasteiger partial charge in [0.2, 0.25) is 5.05 Å². The molecule has 2 aromatic carbocycles. The van der Waals surface area contributed by atoms with E-state index in [0.717, 1.165) is 9.79 Å². The van der Waals surface area contributed by atoms with Crippen LogP contribution in [-0.2, 0) is 0 Å². The van der Waals surface area contributed by atoms with Crippen molar-refractivity contribution in [1.82, 2.24) is 0 Å². The number of hydrogen-bond donors (Lipinski definition) is 2. The molecule has 0 spiro atoms. The first-order valence-electron chi connectivity index (χ1n) is 5.34. The molecule has 0 unspecified atom stereocenters. The molecule has 0 radical (unpaired) electrons. The fourth-order valence-electron chi connectivity index (χ4n) is 1.56. The highest BCUT2D eigenvalue weighted by Gasteiger charge is 2.11.